The number of hydrogen-bond donors (Lipinski definition) is 1. The molecule has 1 aromatic rings. The molecule has 0 bridgehead atoms. The molecule has 0 saturated heterocycles. The number of halogens is 1. The second-order valence-corrected chi connectivity index (χ2v) is 5.83. The lowest BCUT2D eigenvalue weighted by molar-refractivity contribution is 0.0945. The lowest BCUT2D eigenvalue weighted by atomic mass is 9.99. The third-order valence-corrected chi connectivity index (χ3v) is 4.13. The minimum Gasteiger partial charge on any atom is -0.496 e. The van der Waals surface area contributed by atoms with Crippen LogP contribution in [-0.4, -0.2) is 19.6 Å². The van der Waals surface area contributed by atoms with Crippen LogP contribution in [0.2, 0.25) is 0 Å². The molecule has 0 aliphatic heterocycles. The topological polar surface area (TPSA) is 38.3 Å². The van der Waals surface area contributed by atoms with Gasteiger partial charge in [-0.2, -0.15) is 0 Å². The van der Waals surface area contributed by atoms with Gasteiger partial charge in [-0.1, -0.05) is 33.1 Å². The smallest absolute Gasteiger partial charge is 0.251 e. The molecule has 0 saturated carbocycles. The Morgan fingerprint density at radius 3 is 2.70 bits per heavy atom. The van der Waals surface area contributed by atoms with Gasteiger partial charge in [0.2, 0.25) is 0 Å². The number of carbonyl (C=O) groups excluding carboxylic acids is 1. The van der Waals surface area contributed by atoms with Crippen LogP contribution in [0, 0.1) is 5.92 Å². The number of benzene rings is 1. The lowest BCUT2D eigenvalue weighted by Gasteiger charge is -2.15. The summed E-state index contributed by atoms with van der Waals surface area (Å²) < 4.78 is 5.96. The van der Waals surface area contributed by atoms with Gasteiger partial charge in [0.05, 0.1) is 11.6 Å². The van der Waals surface area contributed by atoms with Gasteiger partial charge in [-0.05, 0) is 46.5 Å². The molecule has 0 aromatic heterocycles. The summed E-state index contributed by atoms with van der Waals surface area (Å²) in [7, 11) is 1.61. The minimum atomic E-state index is -0.0247. The van der Waals surface area contributed by atoms with Crippen molar-refractivity contribution in [3.05, 3.63) is 28.2 Å². The average molecular weight is 342 g/mol. The van der Waals surface area contributed by atoms with Crippen molar-refractivity contribution in [2.24, 2.45) is 5.92 Å². The molecule has 0 aliphatic carbocycles. The van der Waals surface area contributed by atoms with Crippen LogP contribution in [0.1, 0.15) is 49.9 Å². The van der Waals surface area contributed by atoms with Crippen LogP contribution in [0.5, 0.6) is 5.75 Å². The first-order valence-corrected chi connectivity index (χ1v) is 8.03. The number of methoxy groups -OCH3 is 1. The Labute approximate surface area is 130 Å². The highest BCUT2D eigenvalue weighted by Crippen LogP contribution is 2.25. The highest BCUT2D eigenvalue weighted by atomic mass is 79.9. The van der Waals surface area contributed by atoms with Gasteiger partial charge in [0, 0.05) is 12.1 Å². The fourth-order valence-corrected chi connectivity index (χ4v) is 2.63. The van der Waals surface area contributed by atoms with Crippen LogP contribution < -0.4 is 10.1 Å². The average Bonchev–Trinajstić information content (AvgIpc) is 2.47. The van der Waals surface area contributed by atoms with E-state index in [0.29, 0.717) is 11.5 Å². The highest BCUT2D eigenvalue weighted by molar-refractivity contribution is 9.10. The van der Waals surface area contributed by atoms with E-state index >= 15 is 0 Å². The van der Waals surface area contributed by atoms with E-state index in [1.807, 2.05) is 0 Å². The molecule has 0 aliphatic rings. The number of unbranched alkanes of at least 4 members (excludes halogenated alkanes) is 1. The van der Waals surface area contributed by atoms with Crippen molar-refractivity contribution in [3.8, 4) is 5.75 Å². The second kappa shape index (κ2) is 9.01. The molecular weight excluding hydrogens is 318 g/mol. The number of nitrogens with one attached hydrogen (secondary N) is 1. The summed E-state index contributed by atoms with van der Waals surface area (Å²) in [5, 5.41) is 3.02. The Balaban J connectivity index is 2.55. The summed E-state index contributed by atoms with van der Waals surface area (Å²) in [6.45, 7) is 5.12. The zero-order chi connectivity index (χ0) is 15.0. The molecule has 1 N–H and O–H groups in total. The van der Waals surface area contributed by atoms with Gasteiger partial charge in [-0.25, -0.2) is 0 Å². The van der Waals surface area contributed by atoms with Crippen molar-refractivity contribution in [1.29, 1.82) is 0 Å². The molecule has 4 heteroatoms. The maximum atomic E-state index is 12.1. The first-order chi connectivity index (χ1) is 9.62. The number of hydrogen-bond acceptors (Lipinski definition) is 2. The molecule has 1 amide bonds. The Bertz CT molecular complexity index is 434. The molecule has 0 fully saturated rings. The minimum absolute atomic E-state index is 0.0247. The fraction of sp³-hybridized carbons (Fsp3) is 0.562. The van der Waals surface area contributed by atoms with Gasteiger partial charge in [-0.3, -0.25) is 4.79 Å². The predicted octanol–water partition coefficient (Wildman–Crippen LogP) is 4.40. The van der Waals surface area contributed by atoms with Gasteiger partial charge in [0.15, 0.2) is 0 Å². The van der Waals surface area contributed by atoms with E-state index in [1.165, 1.54) is 19.3 Å². The van der Waals surface area contributed by atoms with Crippen molar-refractivity contribution in [2.45, 2.75) is 39.5 Å². The zero-order valence-corrected chi connectivity index (χ0v) is 14.1. The maximum Gasteiger partial charge on any atom is 0.251 e. The molecule has 3 nitrogen and oxygen atoms in total. The lowest BCUT2D eigenvalue weighted by Crippen LogP contribution is -2.29. The number of ether oxygens (including phenoxy) is 1. The first kappa shape index (κ1) is 17.0. The van der Waals surface area contributed by atoms with Gasteiger partial charge in [-0.15, -0.1) is 0 Å². The number of rotatable bonds is 8. The molecular formula is C16H24BrNO2. The molecule has 0 spiro atoms. The van der Waals surface area contributed by atoms with Crippen molar-refractivity contribution >= 4 is 21.8 Å². The summed E-state index contributed by atoms with van der Waals surface area (Å²) in [5.74, 6) is 1.28. The summed E-state index contributed by atoms with van der Waals surface area (Å²) >= 11 is 3.40. The van der Waals surface area contributed by atoms with Gasteiger partial charge < -0.3 is 10.1 Å². The van der Waals surface area contributed by atoms with Crippen LogP contribution >= 0.6 is 15.9 Å². The Morgan fingerprint density at radius 2 is 2.15 bits per heavy atom. The SMILES string of the molecule is CCCCC(CC)CNC(=O)c1ccc(OC)c(Br)c1. The van der Waals surface area contributed by atoms with Gasteiger partial charge >= 0.3 is 0 Å². The Hall–Kier alpha value is -1.03. The second-order valence-electron chi connectivity index (χ2n) is 4.98. The van der Waals surface area contributed by atoms with E-state index in [4.69, 9.17) is 4.74 Å². The fourth-order valence-electron chi connectivity index (χ4n) is 2.09. The van der Waals surface area contributed by atoms with Crippen molar-refractivity contribution < 1.29 is 9.53 Å². The predicted molar refractivity (Wildman–Crippen MR) is 86.3 cm³/mol. The third kappa shape index (κ3) is 5.16. The van der Waals surface area contributed by atoms with E-state index < -0.39 is 0 Å². The first-order valence-electron chi connectivity index (χ1n) is 7.24. The molecule has 0 radical (unpaired) electrons. The third-order valence-electron chi connectivity index (χ3n) is 3.51. The molecule has 1 atom stereocenters. The Kier molecular flexibility index (Phi) is 7.67. The molecule has 1 aromatic carbocycles. The van der Waals surface area contributed by atoms with Crippen LogP contribution in [0.3, 0.4) is 0 Å². The van der Waals surface area contributed by atoms with E-state index in [2.05, 4.69) is 35.1 Å². The molecule has 1 unspecified atom stereocenters. The maximum absolute atomic E-state index is 12.1. The van der Waals surface area contributed by atoms with Crippen molar-refractivity contribution in [1.82, 2.24) is 5.32 Å². The molecule has 20 heavy (non-hydrogen) atoms. The summed E-state index contributed by atoms with van der Waals surface area (Å²) in [4.78, 5) is 12.1. The normalized spacial score (nSPS) is 12.0. The summed E-state index contributed by atoms with van der Waals surface area (Å²) in [6, 6.07) is 5.38. The monoisotopic (exact) mass is 341 g/mol. The highest BCUT2D eigenvalue weighted by Gasteiger charge is 2.11. The summed E-state index contributed by atoms with van der Waals surface area (Å²) in [6.07, 6.45) is 4.71. The summed E-state index contributed by atoms with van der Waals surface area (Å²) in [5.41, 5.74) is 0.656. The van der Waals surface area contributed by atoms with E-state index in [0.717, 1.165) is 23.2 Å². The largest absolute Gasteiger partial charge is 0.496 e. The van der Waals surface area contributed by atoms with Crippen LogP contribution in [0.25, 0.3) is 0 Å². The molecule has 112 valence electrons. The van der Waals surface area contributed by atoms with Crippen LogP contribution in [0.15, 0.2) is 22.7 Å². The molecule has 0 heterocycles. The van der Waals surface area contributed by atoms with Gasteiger partial charge in [0.25, 0.3) is 5.91 Å². The van der Waals surface area contributed by atoms with Crippen LogP contribution in [-0.2, 0) is 0 Å². The Morgan fingerprint density at radius 1 is 1.40 bits per heavy atom. The van der Waals surface area contributed by atoms with E-state index in [1.54, 1.807) is 25.3 Å². The number of amides is 1. The van der Waals surface area contributed by atoms with Gasteiger partial charge in [0.1, 0.15) is 5.75 Å². The van der Waals surface area contributed by atoms with Crippen molar-refractivity contribution in [2.75, 3.05) is 13.7 Å². The standard InChI is InChI=1S/C16H24BrNO2/c1-4-6-7-12(5-2)11-18-16(19)13-8-9-15(20-3)14(17)10-13/h8-10,12H,4-7,11H2,1-3H3,(H,18,19). The van der Waals surface area contributed by atoms with E-state index in [9.17, 15) is 4.79 Å². The quantitative estimate of drug-likeness (QED) is 0.760. The van der Waals surface area contributed by atoms with Crippen molar-refractivity contribution in [3.63, 3.8) is 0 Å². The van der Waals surface area contributed by atoms with E-state index in [-0.39, 0.29) is 5.91 Å². The van der Waals surface area contributed by atoms with Crippen LogP contribution in [0.4, 0.5) is 0 Å². The zero-order valence-electron chi connectivity index (χ0n) is 12.5. The number of carbonyl (C=O) groups is 1. The molecule has 1 rings (SSSR count).